The number of para-hydroxylation sites is 1. The zero-order valence-electron chi connectivity index (χ0n) is 12.3. The van der Waals surface area contributed by atoms with E-state index in [1.54, 1.807) is 17.8 Å². The molecule has 0 N–H and O–H groups in total. The Hall–Kier alpha value is -1.46. The third kappa shape index (κ3) is 4.02. The van der Waals surface area contributed by atoms with Crippen LogP contribution in [-0.4, -0.2) is 42.9 Å². The molecule has 114 valence electrons. The molecule has 21 heavy (non-hydrogen) atoms. The van der Waals surface area contributed by atoms with Crippen molar-refractivity contribution < 1.29 is 14.3 Å². The van der Waals surface area contributed by atoms with E-state index in [1.165, 1.54) is 0 Å². The van der Waals surface area contributed by atoms with Gasteiger partial charge < -0.3 is 14.4 Å². The van der Waals surface area contributed by atoms with Gasteiger partial charge in [0.05, 0.1) is 12.4 Å². The van der Waals surface area contributed by atoms with E-state index in [4.69, 9.17) is 9.47 Å². The molecule has 1 heterocycles. The summed E-state index contributed by atoms with van der Waals surface area (Å²) in [5, 5.41) is -0.000952. The molecule has 5 heteroatoms. The van der Waals surface area contributed by atoms with Crippen LogP contribution in [0.3, 0.4) is 0 Å². The monoisotopic (exact) mass is 307 g/mol. The predicted octanol–water partition coefficient (Wildman–Crippen LogP) is 2.86. The van der Waals surface area contributed by atoms with Crippen LogP contribution in [0, 0.1) is 0 Å². The van der Waals surface area contributed by atoms with Gasteiger partial charge in [-0.2, -0.15) is 0 Å². The van der Waals surface area contributed by atoms with Crippen LogP contribution in [0.2, 0.25) is 0 Å². The van der Waals surface area contributed by atoms with E-state index in [2.05, 4.69) is 6.58 Å². The summed E-state index contributed by atoms with van der Waals surface area (Å²) in [5.74, 6) is 1.47. The van der Waals surface area contributed by atoms with Gasteiger partial charge in [-0.05, 0) is 13.0 Å². The Balaban J connectivity index is 2.15. The van der Waals surface area contributed by atoms with Crippen molar-refractivity contribution >= 4 is 17.7 Å². The van der Waals surface area contributed by atoms with E-state index in [9.17, 15) is 4.79 Å². The lowest BCUT2D eigenvalue weighted by molar-refractivity contribution is -0.128. The number of amides is 1. The number of nitrogens with zero attached hydrogens (tertiary/aromatic N) is 1. The maximum Gasteiger partial charge on any atom is 0.233 e. The summed E-state index contributed by atoms with van der Waals surface area (Å²) in [6.07, 6.45) is 1.72. The molecule has 0 spiro atoms. The van der Waals surface area contributed by atoms with Crippen molar-refractivity contribution in [2.75, 3.05) is 32.1 Å². The quantitative estimate of drug-likeness (QED) is 0.547. The molecular weight excluding hydrogens is 286 g/mol. The Kier molecular flexibility index (Phi) is 6.14. The van der Waals surface area contributed by atoms with Crippen LogP contribution in [0.5, 0.6) is 5.75 Å². The number of hydrogen-bond donors (Lipinski definition) is 0. The van der Waals surface area contributed by atoms with Crippen molar-refractivity contribution in [3.8, 4) is 5.75 Å². The highest BCUT2D eigenvalue weighted by Gasteiger charge is 2.34. The van der Waals surface area contributed by atoms with Crippen molar-refractivity contribution in [3.05, 3.63) is 42.5 Å². The van der Waals surface area contributed by atoms with Gasteiger partial charge in [-0.3, -0.25) is 4.79 Å². The first-order valence-corrected chi connectivity index (χ1v) is 8.14. The summed E-state index contributed by atoms with van der Waals surface area (Å²) >= 11 is 1.63. The van der Waals surface area contributed by atoms with Gasteiger partial charge in [0.25, 0.3) is 0 Å². The molecule has 1 saturated heterocycles. The molecule has 0 aromatic heterocycles. The molecule has 0 saturated carbocycles. The van der Waals surface area contributed by atoms with E-state index in [1.807, 2.05) is 36.1 Å². The molecule has 1 amide bonds. The third-order valence-electron chi connectivity index (χ3n) is 3.19. The minimum atomic E-state index is -0.000952. The molecule has 1 aromatic carbocycles. The summed E-state index contributed by atoms with van der Waals surface area (Å²) < 4.78 is 11.1. The Morgan fingerprint density at radius 2 is 2.29 bits per heavy atom. The highest BCUT2D eigenvalue weighted by molar-refractivity contribution is 8.00. The van der Waals surface area contributed by atoms with Gasteiger partial charge in [-0.25, -0.2) is 0 Å². The first-order chi connectivity index (χ1) is 10.3. The van der Waals surface area contributed by atoms with Crippen LogP contribution >= 0.6 is 11.8 Å². The molecule has 0 bridgehead atoms. The fourth-order valence-electron chi connectivity index (χ4n) is 2.23. The van der Waals surface area contributed by atoms with Crippen molar-refractivity contribution in [1.82, 2.24) is 4.90 Å². The fourth-order valence-corrected chi connectivity index (χ4v) is 3.47. The molecule has 1 aromatic rings. The summed E-state index contributed by atoms with van der Waals surface area (Å²) in [6.45, 7) is 7.92. The van der Waals surface area contributed by atoms with Crippen LogP contribution in [0.25, 0.3) is 0 Å². The second kappa shape index (κ2) is 8.10. The minimum absolute atomic E-state index is 0.000952. The minimum Gasteiger partial charge on any atom is -0.489 e. The van der Waals surface area contributed by atoms with Gasteiger partial charge in [-0.15, -0.1) is 11.8 Å². The van der Waals surface area contributed by atoms with Crippen LogP contribution in [0.15, 0.2) is 36.9 Å². The van der Waals surface area contributed by atoms with Gasteiger partial charge in [0.1, 0.15) is 17.7 Å². The topological polar surface area (TPSA) is 38.8 Å². The standard InChI is InChI=1S/C16H21NO3S/c1-3-10-20-14-8-6-5-7-13(14)16-17(9-11-19-4-2)15(18)12-21-16/h3,5-8,16H,1,4,9-12H2,2H3. The van der Waals surface area contributed by atoms with Crippen molar-refractivity contribution in [2.24, 2.45) is 0 Å². The van der Waals surface area contributed by atoms with E-state index in [0.717, 1.165) is 11.3 Å². The Labute approximate surface area is 130 Å². The molecule has 0 aliphatic carbocycles. The second-order valence-corrected chi connectivity index (χ2v) is 5.65. The number of carbonyl (C=O) groups excluding carboxylic acids is 1. The lowest BCUT2D eigenvalue weighted by Crippen LogP contribution is -2.31. The first kappa shape index (κ1) is 15.9. The van der Waals surface area contributed by atoms with Crippen molar-refractivity contribution in [1.29, 1.82) is 0 Å². The lowest BCUT2D eigenvalue weighted by Gasteiger charge is -2.25. The van der Waals surface area contributed by atoms with Crippen LogP contribution in [0.4, 0.5) is 0 Å². The highest BCUT2D eigenvalue weighted by atomic mass is 32.2. The molecule has 2 rings (SSSR count). The molecule has 1 fully saturated rings. The van der Waals surface area contributed by atoms with Gasteiger partial charge in [-0.1, -0.05) is 30.9 Å². The number of rotatable bonds is 8. The van der Waals surface area contributed by atoms with E-state index < -0.39 is 0 Å². The summed E-state index contributed by atoms with van der Waals surface area (Å²) in [6, 6.07) is 7.86. The van der Waals surface area contributed by atoms with Crippen LogP contribution in [0.1, 0.15) is 17.9 Å². The smallest absolute Gasteiger partial charge is 0.233 e. The predicted molar refractivity (Wildman–Crippen MR) is 85.5 cm³/mol. The van der Waals surface area contributed by atoms with E-state index >= 15 is 0 Å². The van der Waals surface area contributed by atoms with Gasteiger partial charge >= 0.3 is 0 Å². The molecule has 1 aliphatic heterocycles. The highest BCUT2D eigenvalue weighted by Crippen LogP contribution is 2.42. The number of benzene rings is 1. The third-order valence-corrected chi connectivity index (χ3v) is 4.43. The summed E-state index contributed by atoms with van der Waals surface area (Å²) in [5.41, 5.74) is 1.03. The Bertz CT molecular complexity index is 492. The van der Waals surface area contributed by atoms with Crippen molar-refractivity contribution in [3.63, 3.8) is 0 Å². The van der Waals surface area contributed by atoms with Gasteiger partial charge in [0.15, 0.2) is 0 Å². The number of thioether (sulfide) groups is 1. The molecule has 4 nitrogen and oxygen atoms in total. The number of ether oxygens (including phenoxy) is 2. The van der Waals surface area contributed by atoms with E-state index in [-0.39, 0.29) is 11.3 Å². The molecule has 1 aliphatic rings. The molecular formula is C16H21NO3S. The van der Waals surface area contributed by atoms with Crippen LogP contribution in [-0.2, 0) is 9.53 Å². The Morgan fingerprint density at radius 3 is 3.05 bits per heavy atom. The SMILES string of the molecule is C=CCOc1ccccc1C1SCC(=O)N1CCOCC. The largest absolute Gasteiger partial charge is 0.489 e. The average Bonchev–Trinajstić information content (AvgIpc) is 2.87. The maximum absolute atomic E-state index is 12.1. The first-order valence-electron chi connectivity index (χ1n) is 7.09. The number of hydrogen-bond acceptors (Lipinski definition) is 4. The summed E-state index contributed by atoms with van der Waals surface area (Å²) in [7, 11) is 0. The zero-order chi connectivity index (χ0) is 15.1. The fraction of sp³-hybridized carbons (Fsp3) is 0.438. The second-order valence-electron chi connectivity index (χ2n) is 4.58. The summed E-state index contributed by atoms with van der Waals surface area (Å²) in [4.78, 5) is 13.9. The maximum atomic E-state index is 12.1. The average molecular weight is 307 g/mol. The molecule has 1 atom stereocenters. The molecule has 0 radical (unpaired) electrons. The van der Waals surface area contributed by atoms with Gasteiger partial charge in [0, 0.05) is 18.7 Å². The van der Waals surface area contributed by atoms with E-state index in [0.29, 0.717) is 32.1 Å². The zero-order valence-corrected chi connectivity index (χ0v) is 13.1. The normalized spacial score (nSPS) is 18.0. The van der Waals surface area contributed by atoms with Crippen molar-refractivity contribution in [2.45, 2.75) is 12.3 Å². The van der Waals surface area contributed by atoms with Crippen LogP contribution < -0.4 is 4.74 Å². The Morgan fingerprint density at radius 1 is 1.48 bits per heavy atom. The van der Waals surface area contributed by atoms with Gasteiger partial charge in [0.2, 0.25) is 5.91 Å². The molecule has 1 unspecified atom stereocenters. The number of carbonyl (C=O) groups is 1. The lowest BCUT2D eigenvalue weighted by atomic mass is 10.2.